The highest BCUT2D eigenvalue weighted by molar-refractivity contribution is 9.10. The third-order valence-electron chi connectivity index (χ3n) is 2.51. The molecule has 0 saturated heterocycles. The van der Waals surface area contributed by atoms with E-state index in [1.807, 2.05) is 18.2 Å². The summed E-state index contributed by atoms with van der Waals surface area (Å²) in [6.07, 6.45) is 1.53. The topological polar surface area (TPSA) is 77.1 Å². The third kappa shape index (κ3) is 3.23. The maximum atomic E-state index is 11.9. The fourth-order valence-corrected chi connectivity index (χ4v) is 1.97. The first-order valence-electron chi connectivity index (χ1n) is 5.57. The van der Waals surface area contributed by atoms with E-state index in [0.29, 0.717) is 5.69 Å². The summed E-state index contributed by atoms with van der Waals surface area (Å²) < 4.78 is 2.05. The second-order valence-electron chi connectivity index (χ2n) is 3.92. The smallest absolute Gasteiger partial charge is 0.274 e. The number of aromatic nitrogens is 1. The summed E-state index contributed by atoms with van der Waals surface area (Å²) in [5, 5.41) is 2.72. The zero-order valence-corrected chi connectivity index (χ0v) is 11.6. The number of halogens is 1. The van der Waals surface area contributed by atoms with Gasteiger partial charge >= 0.3 is 0 Å². The van der Waals surface area contributed by atoms with Crippen molar-refractivity contribution in [3.63, 3.8) is 0 Å². The van der Waals surface area contributed by atoms with Gasteiger partial charge in [-0.3, -0.25) is 9.59 Å². The van der Waals surface area contributed by atoms with Gasteiger partial charge in [-0.25, -0.2) is 0 Å². The lowest BCUT2D eigenvalue weighted by Gasteiger charge is -2.09. The van der Waals surface area contributed by atoms with Gasteiger partial charge in [-0.15, -0.1) is 0 Å². The van der Waals surface area contributed by atoms with Crippen molar-refractivity contribution < 1.29 is 4.79 Å². The lowest BCUT2D eigenvalue weighted by Crippen LogP contribution is -2.28. The van der Waals surface area contributed by atoms with Crippen molar-refractivity contribution in [1.82, 2.24) is 4.57 Å². The number of para-hydroxylation sites is 1. The summed E-state index contributed by atoms with van der Waals surface area (Å²) in [6.45, 7) is -0.0782. The first-order valence-corrected chi connectivity index (χ1v) is 6.36. The fraction of sp³-hybridized carbons (Fsp3) is 0.0769. The molecule has 0 bridgehead atoms. The van der Waals surface area contributed by atoms with E-state index in [1.54, 1.807) is 12.1 Å². The van der Waals surface area contributed by atoms with Crippen molar-refractivity contribution in [3.8, 4) is 0 Å². The van der Waals surface area contributed by atoms with Crippen LogP contribution in [0.25, 0.3) is 0 Å². The molecule has 0 aliphatic carbocycles. The molecule has 98 valence electrons. The average molecular weight is 322 g/mol. The number of anilines is 2. The quantitative estimate of drug-likeness (QED) is 0.905. The molecule has 0 aliphatic heterocycles. The number of carbonyl (C=O) groups is 1. The van der Waals surface area contributed by atoms with Crippen molar-refractivity contribution >= 4 is 33.2 Å². The number of nitrogens with two attached hydrogens (primary N) is 1. The molecule has 1 aromatic heterocycles. The Morgan fingerprint density at radius 3 is 2.74 bits per heavy atom. The molecule has 0 fully saturated rings. The summed E-state index contributed by atoms with van der Waals surface area (Å²) in [6, 6.07) is 10.4. The fourth-order valence-electron chi connectivity index (χ4n) is 1.59. The van der Waals surface area contributed by atoms with Crippen LogP contribution < -0.4 is 16.6 Å². The Kier molecular flexibility index (Phi) is 4.01. The molecule has 1 aromatic carbocycles. The second-order valence-corrected chi connectivity index (χ2v) is 4.78. The number of amides is 1. The van der Waals surface area contributed by atoms with Crippen molar-refractivity contribution in [1.29, 1.82) is 0 Å². The number of nitrogens with one attached hydrogen (secondary N) is 1. The average Bonchev–Trinajstić information content (AvgIpc) is 2.38. The minimum atomic E-state index is -0.371. The number of carbonyl (C=O) groups excluding carboxylic acids is 1. The van der Waals surface area contributed by atoms with Gasteiger partial charge in [-0.05, 0) is 40.2 Å². The number of hydrogen-bond donors (Lipinski definition) is 2. The summed E-state index contributed by atoms with van der Waals surface area (Å²) in [5.41, 5.74) is 5.91. The van der Waals surface area contributed by atoms with Crippen LogP contribution >= 0.6 is 15.9 Å². The van der Waals surface area contributed by atoms with E-state index in [4.69, 9.17) is 5.73 Å². The Hall–Kier alpha value is -2.08. The number of pyridine rings is 1. The van der Waals surface area contributed by atoms with Gasteiger partial charge in [0.25, 0.3) is 5.56 Å². The summed E-state index contributed by atoms with van der Waals surface area (Å²) in [7, 11) is 0. The van der Waals surface area contributed by atoms with Crippen molar-refractivity contribution in [2.45, 2.75) is 6.54 Å². The van der Waals surface area contributed by atoms with Crippen LogP contribution in [-0.2, 0) is 11.3 Å². The van der Waals surface area contributed by atoms with Gasteiger partial charge in [0, 0.05) is 10.7 Å². The van der Waals surface area contributed by atoms with Gasteiger partial charge < -0.3 is 15.6 Å². The van der Waals surface area contributed by atoms with E-state index < -0.39 is 0 Å². The van der Waals surface area contributed by atoms with Crippen LogP contribution in [0.5, 0.6) is 0 Å². The predicted molar refractivity (Wildman–Crippen MR) is 77.9 cm³/mol. The number of benzene rings is 1. The van der Waals surface area contributed by atoms with E-state index in [0.717, 1.165) is 4.47 Å². The molecule has 0 spiro atoms. The Labute approximate surface area is 118 Å². The Morgan fingerprint density at radius 2 is 2.00 bits per heavy atom. The van der Waals surface area contributed by atoms with Gasteiger partial charge in [0.15, 0.2) is 0 Å². The van der Waals surface area contributed by atoms with Crippen molar-refractivity contribution in [3.05, 3.63) is 57.4 Å². The molecule has 1 heterocycles. The number of nitrogens with zero attached hydrogens (tertiary/aromatic N) is 1. The third-order valence-corrected chi connectivity index (χ3v) is 3.20. The van der Waals surface area contributed by atoms with E-state index in [1.165, 1.54) is 16.8 Å². The first kappa shape index (κ1) is 13.4. The Bertz CT molecular complexity index is 667. The Balaban J connectivity index is 2.12. The highest BCUT2D eigenvalue weighted by Gasteiger charge is 2.07. The van der Waals surface area contributed by atoms with E-state index in [-0.39, 0.29) is 23.7 Å². The van der Waals surface area contributed by atoms with Gasteiger partial charge in [0.1, 0.15) is 6.54 Å². The van der Waals surface area contributed by atoms with E-state index in [2.05, 4.69) is 21.2 Å². The predicted octanol–water partition coefficient (Wildman–Crippen LogP) is 1.83. The lowest BCUT2D eigenvalue weighted by atomic mass is 10.3. The van der Waals surface area contributed by atoms with Crippen LogP contribution in [0, 0.1) is 0 Å². The van der Waals surface area contributed by atoms with Crippen LogP contribution in [0.4, 0.5) is 11.4 Å². The maximum absolute atomic E-state index is 11.9. The number of hydrogen-bond acceptors (Lipinski definition) is 3. The molecule has 0 aliphatic rings. The van der Waals surface area contributed by atoms with Gasteiger partial charge in [-0.2, -0.15) is 0 Å². The van der Waals surface area contributed by atoms with Gasteiger partial charge in [-0.1, -0.05) is 12.1 Å². The van der Waals surface area contributed by atoms with Crippen LogP contribution in [0.3, 0.4) is 0 Å². The minimum Gasteiger partial charge on any atom is -0.394 e. The van der Waals surface area contributed by atoms with Gasteiger partial charge in [0.2, 0.25) is 5.91 Å². The van der Waals surface area contributed by atoms with Crippen molar-refractivity contribution in [2.24, 2.45) is 0 Å². The van der Waals surface area contributed by atoms with Crippen LogP contribution in [-0.4, -0.2) is 10.5 Å². The van der Waals surface area contributed by atoms with Crippen LogP contribution in [0.15, 0.2) is 51.9 Å². The molecular formula is C13H12BrN3O2. The minimum absolute atomic E-state index is 0.0782. The molecule has 2 rings (SSSR count). The molecule has 3 N–H and O–H groups in total. The number of rotatable bonds is 3. The molecule has 0 unspecified atom stereocenters. The zero-order chi connectivity index (χ0) is 13.8. The molecule has 1 amide bonds. The highest BCUT2D eigenvalue weighted by Crippen LogP contribution is 2.20. The monoisotopic (exact) mass is 321 g/mol. The SMILES string of the molecule is Nc1cccn(CC(=O)Nc2ccccc2Br)c1=O. The second kappa shape index (κ2) is 5.71. The molecule has 6 heteroatoms. The van der Waals surface area contributed by atoms with Crippen LogP contribution in [0.1, 0.15) is 0 Å². The molecule has 0 radical (unpaired) electrons. The largest absolute Gasteiger partial charge is 0.394 e. The maximum Gasteiger partial charge on any atom is 0.274 e. The van der Waals surface area contributed by atoms with Crippen LogP contribution in [0.2, 0.25) is 0 Å². The van der Waals surface area contributed by atoms with E-state index >= 15 is 0 Å². The number of nitrogen functional groups attached to an aromatic ring is 1. The summed E-state index contributed by atoms with van der Waals surface area (Å²) in [5.74, 6) is -0.292. The normalized spacial score (nSPS) is 10.2. The van der Waals surface area contributed by atoms with Gasteiger partial charge in [0.05, 0.1) is 11.4 Å². The van der Waals surface area contributed by atoms with Crippen molar-refractivity contribution in [2.75, 3.05) is 11.1 Å². The first-order chi connectivity index (χ1) is 9.08. The van der Waals surface area contributed by atoms with E-state index in [9.17, 15) is 9.59 Å². The zero-order valence-electron chi connectivity index (χ0n) is 9.97. The molecule has 0 saturated carbocycles. The molecule has 19 heavy (non-hydrogen) atoms. The molecular weight excluding hydrogens is 310 g/mol. The summed E-state index contributed by atoms with van der Waals surface area (Å²) >= 11 is 3.33. The highest BCUT2D eigenvalue weighted by atomic mass is 79.9. The lowest BCUT2D eigenvalue weighted by molar-refractivity contribution is -0.116. The summed E-state index contributed by atoms with van der Waals surface area (Å²) in [4.78, 5) is 23.5. The standard InChI is InChI=1S/C13H12BrN3O2/c14-9-4-1-2-6-11(9)16-12(18)8-17-7-3-5-10(15)13(17)19/h1-7H,8,15H2,(H,16,18). The molecule has 0 atom stereocenters. The molecule has 5 nitrogen and oxygen atoms in total. The molecule has 2 aromatic rings. The Morgan fingerprint density at radius 1 is 1.26 bits per heavy atom.